The normalized spacial score (nSPS) is 10.5. The monoisotopic (exact) mass is 225 g/mol. The molecule has 0 aromatic heterocycles. The van der Waals surface area contributed by atoms with Gasteiger partial charge in [0.15, 0.2) is 0 Å². The van der Waals surface area contributed by atoms with Crippen LogP contribution in [0.25, 0.3) is 0 Å². The number of para-hydroxylation sites is 1. The van der Waals surface area contributed by atoms with Gasteiger partial charge in [-0.3, -0.25) is 0 Å². The van der Waals surface area contributed by atoms with Gasteiger partial charge in [0, 0.05) is 18.3 Å². The second-order valence-corrected chi connectivity index (χ2v) is 4.54. The molecule has 0 bridgehead atoms. The number of anilines is 1. The van der Waals surface area contributed by atoms with Gasteiger partial charge in [0.25, 0.3) is 0 Å². The highest BCUT2D eigenvalue weighted by Crippen LogP contribution is 2.19. The molecule has 0 N–H and O–H groups in total. The van der Waals surface area contributed by atoms with Gasteiger partial charge in [-0.15, -0.1) is 0 Å². The van der Waals surface area contributed by atoms with E-state index in [1.54, 1.807) is 0 Å². The molecule has 2 aromatic carbocycles. The molecule has 17 heavy (non-hydrogen) atoms. The lowest BCUT2D eigenvalue weighted by molar-refractivity contribution is 0.682. The van der Waals surface area contributed by atoms with Gasteiger partial charge >= 0.3 is 0 Å². The zero-order chi connectivity index (χ0) is 12.1. The van der Waals surface area contributed by atoms with E-state index in [-0.39, 0.29) is 0 Å². The lowest BCUT2D eigenvalue weighted by atomic mass is 10.1. The van der Waals surface area contributed by atoms with Gasteiger partial charge in [-0.05, 0) is 31.5 Å². The molecule has 1 nitrogen and oxygen atoms in total. The van der Waals surface area contributed by atoms with E-state index in [1.807, 2.05) is 0 Å². The van der Waals surface area contributed by atoms with Crippen LogP contribution in [-0.4, -0.2) is 6.04 Å². The molecule has 0 saturated heterocycles. The van der Waals surface area contributed by atoms with Crippen LogP contribution in [0.15, 0.2) is 60.7 Å². The van der Waals surface area contributed by atoms with Crippen molar-refractivity contribution in [1.82, 2.24) is 0 Å². The molecule has 0 aliphatic heterocycles. The average molecular weight is 225 g/mol. The molecule has 0 fully saturated rings. The maximum absolute atomic E-state index is 2.41. The Balaban J connectivity index is 2.20. The van der Waals surface area contributed by atoms with E-state index in [9.17, 15) is 0 Å². The summed E-state index contributed by atoms with van der Waals surface area (Å²) in [7, 11) is 0. The third-order valence-electron chi connectivity index (χ3n) is 2.91. The van der Waals surface area contributed by atoms with Crippen LogP contribution < -0.4 is 4.90 Å². The summed E-state index contributed by atoms with van der Waals surface area (Å²) in [5.74, 6) is 0. The first-order chi connectivity index (χ1) is 8.27. The predicted molar refractivity (Wildman–Crippen MR) is 74.2 cm³/mol. The van der Waals surface area contributed by atoms with Gasteiger partial charge in [0.1, 0.15) is 0 Å². The fraction of sp³-hybridized carbons (Fsp3) is 0.250. The molecule has 0 saturated carbocycles. The molecule has 1 heteroatoms. The van der Waals surface area contributed by atoms with Crippen LogP contribution >= 0.6 is 0 Å². The minimum absolute atomic E-state index is 0.498. The predicted octanol–water partition coefficient (Wildman–Crippen LogP) is 4.10. The van der Waals surface area contributed by atoms with Gasteiger partial charge in [-0.1, -0.05) is 48.5 Å². The number of nitrogens with zero attached hydrogens (tertiary/aromatic N) is 1. The molecule has 0 aliphatic carbocycles. The number of rotatable bonds is 4. The van der Waals surface area contributed by atoms with Gasteiger partial charge in [0.05, 0.1) is 0 Å². The highest BCUT2D eigenvalue weighted by atomic mass is 15.1. The minimum atomic E-state index is 0.498. The van der Waals surface area contributed by atoms with E-state index >= 15 is 0 Å². The molecular formula is C16H19N. The van der Waals surface area contributed by atoms with Crippen LogP contribution in [0.3, 0.4) is 0 Å². The van der Waals surface area contributed by atoms with Crippen LogP contribution in [0.2, 0.25) is 0 Å². The van der Waals surface area contributed by atoms with Crippen molar-refractivity contribution < 1.29 is 0 Å². The summed E-state index contributed by atoms with van der Waals surface area (Å²) in [6, 6.07) is 21.7. The molecule has 0 amide bonds. The van der Waals surface area contributed by atoms with E-state index in [0.29, 0.717) is 6.04 Å². The fourth-order valence-corrected chi connectivity index (χ4v) is 1.97. The zero-order valence-electron chi connectivity index (χ0n) is 10.5. The maximum Gasteiger partial charge on any atom is 0.0432 e. The summed E-state index contributed by atoms with van der Waals surface area (Å²) in [5, 5.41) is 0. The molecular weight excluding hydrogens is 206 g/mol. The Morgan fingerprint density at radius 3 is 1.88 bits per heavy atom. The van der Waals surface area contributed by atoms with E-state index in [4.69, 9.17) is 0 Å². The van der Waals surface area contributed by atoms with E-state index in [0.717, 1.165) is 6.54 Å². The van der Waals surface area contributed by atoms with Crippen molar-refractivity contribution in [3.8, 4) is 0 Å². The summed E-state index contributed by atoms with van der Waals surface area (Å²) >= 11 is 0. The Morgan fingerprint density at radius 2 is 1.35 bits per heavy atom. The van der Waals surface area contributed by atoms with Crippen molar-refractivity contribution in [1.29, 1.82) is 0 Å². The Kier molecular flexibility index (Phi) is 3.81. The quantitative estimate of drug-likeness (QED) is 0.757. The number of hydrogen-bond acceptors (Lipinski definition) is 1. The summed E-state index contributed by atoms with van der Waals surface area (Å²) in [6.45, 7) is 5.42. The van der Waals surface area contributed by atoms with Gasteiger partial charge in [-0.25, -0.2) is 0 Å². The van der Waals surface area contributed by atoms with E-state index in [1.165, 1.54) is 11.3 Å². The van der Waals surface area contributed by atoms with Crippen LogP contribution in [0, 0.1) is 0 Å². The molecule has 0 atom stereocenters. The van der Waals surface area contributed by atoms with Crippen LogP contribution in [-0.2, 0) is 6.54 Å². The highest BCUT2D eigenvalue weighted by Gasteiger charge is 2.10. The number of benzene rings is 2. The van der Waals surface area contributed by atoms with Crippen LogP contribution in [0.5, 0.6) is 0 Å². The highest BCUT2D eigenvalue weighted by molar-refractivity contribution is 5.47. The lowest BCUT2D eigenvalue weighted by Gasteiger charge is -2.29. The molecule has 2 aromatic rings. The second-order valence-electron chi connectivity index (χ2n) is 4.54. The lowest BCUT2D eigenvalue weighted by Crippen LogP contribution is -2.29. The molecule has 0 radical (unpaired) electrons. The Hall–Kier alpha value is -1.76. The third kappa shape index (κ3) is 3.10. The van der Waals surface area contributed by atoms with Crippen molar-refractivity contribution in [2.24, 2.45) is 0 Å². The van der Waals surface area contributed by atoms with Gasteiger partial charge in [0.2, 0.25) is 0 Å². The zero-order valence-corrected chi connectivity index (χ0v) is 10.5. The topological polar surface area (TPSA) is 3.24 Å². The van der Waals surface area contributed by atoms with Gasteiger partial charge < -0.3 is 4.90 Å². The summed E-state index contributed by atoms with van der Waals surface area (Å²) in [4.78, 5) is 2.41. The summed E-state index contributed by atoms with van der Waals surface area (Å²) < 4.78 is 0. The molecule has 0 heterocycles. The first-order valence-corrected chi connectivity index (χ1v) is 6.13. The van der Waals surface area contributed by atoms with Crippen molar-refractivity contribution in [2.45, 2.75) is 26.4 Å². The first-order valence-electron chi connectivity index (χ1n) is 6.13. The van der Waals surface area contributed by atoms with E-state index in [2.05, 4.69) is 79.4 Å². The molecule has 88 valence electrons. The largest absolute Gasteiger partial charge is 0.365 e. The SMILES string of the molecule is CC(C)N(Cc1ccccc1)c1ccccc1. The maximum atomic E-state index is 2.41. The average Bonchev–Trinajstić information content (AvgIpc) is 2.38. The molecule has 0 spiro atoms. The van der Waals surface area contributed by atoms with Gasteiger partial charge in [-0.2, -0.15) is 0 Å². The standard InChI is InChI=1S/C16H19N/c1-14(2)17(16-11-7-4-8-12-16)13-15-9-5-3-6-10-15/h3-12,14H,13H2,1-2H3. The number of hydrogen-bond donors (Lipinski definition) is 0. The second kappa shape index (κ2) is 5.53. The van der Waals surface area contributed by atoms with Crippen LogP contribution in [0.1, 0.15) is 19.4 Å². The molecule has 0 aliphatic rings. The Bertz CT molecular complexity index is 434. The van der Waals surface area contributed by atoms with Crippen molar-refractivity contribution >= 4 is 5.69 Å². The summed E-state index contributed by atoms with van der Waals surface area (Å²) in [6.07, 6.45) is 0. The van der Waals surface area contributed by atoms with Crippen molar-refractivity contribution in [3.63, 3.8) is 0 Å². The smallest absolute Gasteiger partial charge is 0.0432 e. The molecule has 0 unspecified atom stereocenters. The third-order valence-corrected chi connectivity index (χ3v) is 2.91. The van der Waals surface area contributed by atoms with Crippen molar-refractivity contribution in [2.75, 3.05) is 4.90 Å². The Morgan fingerprint density at radius 1 is 0.824 bits per heavy atom. The van der Waals surface area contributed by atoms with Crippen LogP contribution in [0.4, 0.5) is 5.69 Å². The van der Waals surface area contributed by atoms with E-state index < -0.39 is 0 Å². The minimum Gasteiger partial charge on any atom is -0.365 e. The molecule has 2 rings (SSSR count). The summed E-state index contributed by atoms with van der Waals surface area (Å²) in [5.41, 5.74) is 2.64. The van der Waals surface area contributed by atoms with Crippen molar-refractivity contribution in [3.05, 3.63) is 66.2 Å². The first kappa shape index (κ1) is 11.7. The Labute approximate surface area is 104 Å². The fourth-order valence-electron chi connectivity index (χ4n) is 1.97.